The van der Waals surface area contributed by atoms with Crippen LogP contribution >= 0.6 is 11.1 Å². The summed E-state index contributed by atoms with van der Waals surface area (Å²) in [5.41, 5.74) is 0. The van der Waals surface area contributed by atoms with Crippen LogP contribution in [0.2, 0.25) is 0 Å². The number of carbonyl (C=O) groups excluding carboxylic acids is 1. The van der Waals surface area contributed by atoms with Gasteiger partial charge in [-0.25, -0.2) is 0 Å². The number of hydrogen-bond acceptors (Lipinski definition) is 1. The molecule has 1 nitrogen and oxygen atoms in total. The minimum absolute atomic E-state index is 0.157. The van der Waals surface area contributed by atoms with Crippen LogP contribution in [0.3, 0.4) is 0 Å². The summed E-state index contributed by atoms with van der Waals surface area (Å²) >= 11 is 5.34. The smallest absolute Gasteiger partial charge is 0.200 e. The third-order valence-electron chi connectivity index (χ3n) is 0.776. The summed E-state index contributed by atoms with van der Waals surface area (Å²) in [6.45, 7) is 3.75. The van der Waals surface area contributed by atoms with Crippen LogP contribution in [0.5, 0.6) is 0 Å². The van der Waals surface area contributed by atoms with Crippen molar-refractivity contribution in [2.75, 3.05) is 0 Å². The molecule has 0 aliphatic carbocycles. The van der Waals surface area contributed by atoms with Crippen LogP contribution in [0.1, 0.15) is 13.8 Å². The predicted molar refractivity (Wildman–Crippen MR) is 34.2 cm³/mol. The molecule has 0 saturated carbocycles. The predicted octanol–water partition coefficient (Wildman–Crippen LogP) is 0.492. The molecule has 0 aromatic rings. The highest BCUT2D eigenvalue weighted by Gasteiger charge is 2.03. The Morgan fingerprint density at radius 3 is 2.14 bits per heavy atom. The molecule has 0 rings (SSSR count). The van der Waals surface area contributed by atoms with Crippen LogP contribution in [-0.4, -0.2) is 14.2 Å². The lowest BCUT2D eigenvalue weighted by molar-refractivity contribution is -0.114. The van der Waals surface area contributed by atoms with E-state index in [4.69, 9.17) is 11.1 Å². The van der Waals surface area contributed by atoms with Crippen molar-refractivity contribution in [3.63, 3.8) is 0 Å². The summed E-state index contributed by atoms with van der Waals surface area (Å²) < 4.78 is 0. The Bertz CT molecular complexity index is 72.1. The minimum atomic E-state index is -0.876. The molecule has 0 saturated heterocycles. The van der Waals surface area contributed by atoms with Gasteiger partial charge in [0.1, 0.15) is 5.41 Å². The maximum absolute atomic E-state index is 10.4. The molecule has 0 unspecified atom stereocenters. The lowest BCUT2D eigenvalue weighted by Gasteiger charge is -1.94. The van der Waals surface area contributed by atoms with Gasteiger partial charge in [0.05, 0.1) is 0 Å². The Balaban J connectivity index is 3.35. The van der Waals surface area contributed by atoms with E-state index in [0.717, 1.165) is 0 Å². The van der Waals surface area contributed by atoms with E-state index in [2.05, 4.69) is 0 Å². The molecule has 0 heterocycles. The second-order valence-corrected chi connectivity index (χ2v) is 3.52. The van der Waals surface area contributed by atoms with Crippen molar-refractivity contribution in [1.29, 1.82) is 0 Å². The topological polar surface area (TPSA) is 17.1 Å². The number of carbonyl (C=O) groups is 1. The fraction of sp³-hybridized carbons (Fsp3) is 0.750. The Labute approximate surface area is 50.6 Å². The van der Waals surface area contributed by atoms with Crippen LogP contribution < -0.4 is 0 Å². The van der Waals surface area contributed by atoms with E-state index < -0.39 is 8.83 Å². The van der Waals surface area contributed by atoms with Gasteiger partial charge >= 0.3 is 0 Å². The molecular weight excluding hydrogens is 128 g/mol. The van der Waals surface area contributed by atoms with Crippen molar-refractivity contribution in [3.8, 4) is 0 Å². The summed E-state index contributed by atoms with van der Waals surface area (Å²) in [4.78, 5) is 10.4. The lowest BCUT2D eigenvalue weighted by Crippen LogP contribution is -2.10. The van der Waals surface area contributed by atoms with Crippen LogP contribution in [0, 0.1) is 5.92 Å². The van der Waals surface area contributed by atoms with Gasteiger partial charge < -0.3 is 4.79 Å². The van der Waals surface area contributed by atoms with Crippen molar-refractivity contribution in [2.45, 2.75) is 13.8 Å². The molecule has 0 spiro atoms. The van der Waals surface area contributed by atoms with E-state index in [1.54, 1.807) is 0 Å². The molecular formula is C4H9ClOSi. The zero-order valence-corrected chi connectivity index (χ0v) is 6.74. The van der Waals surface area contributed by atoms with Gasteiger partial charge in [0, 0.05) is 5.92 Å². The zero-order chi connectivity index (χ0) is 5.86. The molecule has 42 valence electrons. The first-order valence-electron chi connectivity index (χ1n) is 2.27. The first-order chi connectivity index (χ1) is 3.18. The second kappa shape index (κ2) is 3.21. The summed E-state index contributed by atoms with van der Waals surface area (Å²) in [7, 11) is -0.876. The molecule has 0 radical (unpaired) electrons. The maximum Gasteiger partial charge on any atom is 0.200 e. The molecule has 0 atom stereocenters. The van der Waals surface area contributed by atoms with Crippen LogP contribution in [0.25, 0.3) is 0 Å². The van der Waals surface area contributed by atoms with Crippen LogP contribution in [0.4, 0.5) is 0 Å². The normalized spacial score (nSPS) is 11.4. The maximum atomic E-state index is 10.4. The molecule has 0 aromatic carbocycles. The molecule has 0 fully saturated rings. The summed E-state index contributed by atoms with van der Waals surface area (Å²) in [5, 5.41) is 0.252. The molecule has 0 amide bonds. The lowest BCUT2D eigenvalue weighted by atomic mass is 10.3. The van der Waals surface area contributed by atoms with Gasteiger partial charge in [-0.1, -0.05) is 13.8 Å². The third-order valence-corrected chi connectivity index (χ3v) is 2.65. The van der Waals surface area contributed by atoms with Crippen molar-refractivity contribution in [2.24, 2.45) is 5.92 Å². The Morgan fingerprint density at radius 1 is 1.71 bits per heavy atom. The molecule has 0 aliphatic rings. The third kappa shape index (κ3) is 2.82. The largest absolute Gasteiger partial charge is 0.304 e. The average molecular weight is 137 g/mol. The van der Waals surface area contributed by atoms with Gasteiger partial charge in [-0.05, 0) is 0 Å². The SMILES string of the molecule is CC(C)C(=O)[SiH2]Cl. The Morgan fingerprint density at radius 2 is 2.14 bits per heavy atom. The van der Waals surface area contributed by atoms with Crippen molar-refractivity contribution >= 4 is 25.3 Å². The van der Waals surface area contributed by atoms with E-state index in [9.17, 15) is 4.79 Å². The zero-order valence-electron chi connectivity index (χ0n) is 4.57. The van der Waals surface area contributed by atoms with E-state index in [0.29, 0.717) is 0 Å². The number of halogens is 1. The quantitative estimate of drug-likeness (QED) is 0.399. The highest BCUT2D eigenvalue weighted by molar-refractivity contribution is 7.11. The van der Waals surface area contributed by atoms with Gasteiger partial charge in [-0.15, -0.1) is 0 Å². The van der Waals surface area contributed by atoms with Gasteiger partial charge in [0.15, 0.2) is 0 Å². The van der Waals surface area contributed by atoms with Crippen molar-refractivity contribution in [3.05, 3.63) is 0 Å². The molecule has 7 heavy (non-hydrogen) atoms. The second-order valence-electron chi connectivity index (χ2n) is 1.75. The van der Waals surface area contributed by atoms with E-state index in [-0.39, 0.29) is 11.3 Å². The minimum Gasteiger partial charge on any atom is -0.304 e. The van der Waals surface area contributed by atoms with Crippen molar-refractivity contribution < 1.29 is 4.79 Å². The van der Waals surface area contributed by atoms with Crippen LogP contribution in [-0.2, 0) is 4.79 Å². The summed E-state index contributed by atoms with van der Waals surface area (Å²) in [5.74, 6) is 0.157. The first kappa shape index (κ1) is 7.18. The summed E-state index contributed by atoms with van der Waals surface area (Å²) in [6, 6.07) is 0. The Hall–Kier alpha value is 0.177. The molecule has 0 aliphatic heterocycles. The van der Waals surface area contributed by atoms with E-state index >= 15 is 0 Å². The average Bonchev–Trinajstić information content (AvgIpc) is 1.65. The standard InChI is InChI=1S/C4H9ClOSi/c1-3(2)4(6)7-5/h3H,7H2,1-2H3. The van der Waals surface area contributed by atoms with E-state index in [1.165, 1.54) is 0 Å². The molecule has 3 heteroatoms. The fourth-order valence-corrected chi connectivity index (χ4v) is 1.39. The van der Waals surface area contributed by atoms with Gasteiger partial charge in [0.25, 0.3) is 0 Å². The van der Waals surface area contributed by atoms with Gasteiger partial charge in [-0.3, -0.25) is 0 Å². The monoisotopic (exact) mass is 136 g/mol. The van der Waals surface area contributed by atoms with Gasteiger partial charge in [-0.2, -0.15) is 11.1 Å². The Kier molecular flexibility index (Phi) is 3.30. The highest BCUT2D eigenvalue weighted by Crippen LogP contribution is 1.92. The molecule has 0 bridgehead atoms. The van der Waals surface area contributed by atoms with Crippen LogP contribution in [0.15, 0.2) is 0 Å². The number of rotatable bonds is 2. The summed E-state index contributed by atoms with van der Waals surface area (Å²) in [6.07, 6.45) is 0. The molecule has 0 N–H and O–H groups in total. The van der Waals surface area contributed by atoms with Gasteiger partial charge in [0.2, 0.25) is 8.83 Å². The van der Waals surface area contributed by atoms with Crippen molar-refractivity contribution in [1.82, 2.24) is 0 Å². The fourth-order valence-electron chi connectivity index (χ4n) is 0.154. The molecule has 0 aromatic heterocycles. The van der Waals surface area contributed by atoms with E-state index in [1.807, 2.05) is 13.8 Å². The number of hydrogen-bond donors (Lipinski definition) is 0. The first-order valence-corrected chi connectivity index (χ1v) is 5.11. The highest BCUT2D eigenvalue weighted by atomic mass is 35.6.